The van der Waals surface area contributed by atoms with Crippen molar-refractivity contribution in [3.8, 4) is 21.7 Å². The van der Waals surface area contributed by atoms with E-state index in [0.717, 1.165) is 21.6 Å². The number of hydrogen-bond donors (Lipinski definition) is 1. The van der Waals surface area contributed by atoms with Gasteiger partial charge in [0.05, 0.1) is 13.4 Å². The fourth-order valence-corrected chi connectivity index (χ4v) is 4.29. The molecule has 33 heavy (non-hydrogen) atoms. The van der Waals surface area contributed by atoms with E-state index in [9.17, 15) is 9.59 Å². The van der Waals surface area contributed by atoms with E-state index in [1.165, 1.54) is 18.4 Å². The zero-order valence-electron chi connectivity index (χ0n) is 18.4. The van der Waals surface area contributed by atoms with E-state index in [1.54, 1.807) is 24.0 Å². The molecule has 2 aromatic heterocycles. The number of anilines is 1. The van der Waals surface area contributed by atoms with Gasteiger partial charge in [-0.15, -0.1) is 11.3 Å². The first kappa shape index (κ1) is 22.3. The van der Waals surface area contributed by atoms with Crippen LogP contribution in [0, 0.1) is 0 Å². The van der Waals surface area contributed by atoms with E-state index in [0.29, 0.717) is 16.4 Å². The van der Waals surface area contributed by atoms with E-state index in [1.807, 2.05) is 67.6 Å². The van der Waals surface area contributed by atoms with E-state index >= 15 is 0 Å². The lowest BCUT2D eigenvalue weighted by Gasteiger charge is -2.15. The van der Waals surface area contributed by atoms with Gasteiger partial charge in [-0.2, -0.15) is 0 Å². The maximum absolute atomic E-state index is 12.5. The van der Waals surface area contributed by atoms with E-state index < -0.39 is 6.09 Å². The largest absolute Gasteiger partial charge is 0.465 e. The highest BCUT2D eigenvalue weighted by molar-refractivity contribution is 7.17. The molecule has 0 saturated carbocycles. The summed E-state index contributed by atoms with van der Waals surface area (Å²) in [6.07, 6.45) is 0.700. The van der Waals surface area contributed by atoms with Gasteiger partial charge in [0.25, 0.3) is 0 Å². The highest BCUT2D eigenvalue weighted by atomic mass is 32.1. The van der Waals surface area contributed by atoms with Gasteiger partial charge in [0.2, 0.25) is 0 Å². The summed E-state index contributed by atoms with van der Waals surface area (Å²) in [6.45, 7) is 1.83. The molecule has 0 spiro atoms. The topological polar surface area (TPSA) is 82.5 Å². The van der Waals surface area contributed by atoms with Crippen molar-refractivity contribution in [2.24, 2.45) is 7.05 Å². The van der Waals surface area contributed by atoms with Crippen molar-refractivity contribution >= 4 is 29.2 Å². The number of nitrogens with zero attached hydrogens (tertiary/aromatic N) is 2. The van der Waals surface area contributed by atoms with Crippen LogP contribution < -0.4 is 5.32 Å². The van der Waals surface area contributed by atoms with Crippen LogP contribution in [0.25, 0.3) is 21.7 Å². The van der Waals surface area contributed by atoms with Gasteiger partial charge in [0, 0.05) is 17.5 Å². The van der Waals surface area contributed by atoms with Crippen molar-refractivity contribution in [2.75, 3.05) is 12.4 Å². The molecule has 0 radical (unpaired) electrons. The Morgan fingerprint density at radius 2 is 1.70 bits per heavy atom. The Kier molecular flexibility index (Phi) is 6.55. The fourth-order valence-electron chi connectivity index (χ4n) is 3.36. The summed E-state index contributed by atoms with van der Waals surface area (Å²) in [4.78, 5) is 30.2. The average molecular weight is 462 g/mol. The van der Waals surface area contributed by atoms with E-state index in [2.05, 4.69) is 10.3 Å². The van der Waals surface area contributed by atoms with Crippen molar-refractivity contribution in [1.82, 2.24) is 9.55 Å². The molecule has 0 bridgehead atoms. The maximum Gasteiger partial charge on any atom is 0.413 e. The number of rotatable bonds is 6. The van der Waals surface area contributed by atoms with Gasteiger partial charge >= 0.3 is 12.1 Å². The van der Waals surface area contributed by atoms with Crippen LogP contribution in [0.15, 0.2) is 73.1 Å². The Hall–Kier alpha value is -3.91. The minimum absolute atomic E-state index is 0.347. The number of carbonyl (C=O) groups excluding carboxylic acids is 2. The Morgan fingerprint density at radius 1 is 1.00 bits per heavy atom. The summed E-state index contributed by atoms with van der Waals surface area (Å²) in [7, 11) is 3.17. The molecule has 8 heteroatoms. The zero-order chi connectivity index (χ0) is 23.4. The van der Waals surface area contributed by atoms with Crippen LogP contribution in [-0.2, 0) is 16.5 Å². The number of thiophene rings is 1. The summed E-state index contributed by atoms with van der Waals surface area (Å²) in [6, 6.07) is 21.0. The van der Waals surface area contributed by atoms with Crippen molar-refractivity contribution in [2.45, 2.75) is 13.0 Å². The van der Waals surface area contributed by atoms with E-state index in [-0.39, 0.29) is 12.1 Å². The zero-order valence-corrected chi connectivity index (χ0v) is 19.3. The molecule has 1 N–H and O–H groups in total. The van der Waals surface area contributed by atoms with Crippen LogP contribution in [0.1, 0.15) is 28.3 Å². The third-order valence-corrected chi connectivity index (χ3v) is 6.26. The number of ether oxygens (including phenoxy) is 2. The van der Waals surface area contributed by atoms with Crippen LogP contribution in [0.3, 0.4) is 0 Å². The molecule has 1 atom stereocenters. The quantitative estimate of drug-likeness (QED) is 0.361. The molecule has 0 unspecified atom stereocenters. The van der Waals surface area contributed by atoms with Gasteiger partial charge in [-0.05, 0) is 30.2 Å². The predicted molar refractivity (Wildman–Crippen MR) is 128 cm³/mol. The molecular weight excluding hydrogens is 438 g/mol. The Balaban J connectivity index is 1.50. The second kappa shape index (κ2) is 9.70. The summed E-state index contributed by atoms with van der Waals surface area (Å²) in [5.74, 6) is 0.192. The number of aryl methyl sites for hydroxylation is 1. The van der Waals surface area contributed by atoms with Crippen LogP contribution in [-0.4, -0.2) is 28.7 Å². The average Bonchev–Trinajstić information content (AvgIpc) is 3.47. The lowest BCUT2D eigenvalue weighted by Crippen LogP contribution is -2.18. The third-order valence-electron chi connectivity index (χ3n) is 5.15. The third kappa shape index (κ3) is 4.96. The summed E-state index contributed by atoms with van der Waals surface area (Å²) in [5, 5.41) is 2.82. The molecule has 1 amide bonds. The van der Waals surface area contributed by atoms with Crippen molar-refractivity contribution in [3.05, 3.63) is 83.5 Å². The molecule has 0 aliphatic heterocycles. The standard InChI is InChI=1S/C25H23N3O4S/c1-16(17-7-5-4-6-8-17)32-25(30)27-23-22(26-15-28(23)2)19-11-9-18(10-12-19)20-13-14-21(33-20)24(29)31-3/h4-16H,1-3H3,(H,27,30)/t16-/m1/s1. The van der Waals surface area contributed by atoms with Gasteiger partial charge in [-0.25, -0.2) is 14.6 Å². The molecule has 0 aliphatic rings. The minimum Gasteiger partial charge on any atom is -0.465 e. The molecule has 0 fully saturated rings. The van der Waals surface area contributed by atoms with Crippen LogP contribution in [0.5, 0.6) is 0 Å². The summed E-state index contributed by atoms with van der Waals surface area (Å²) < 4.78 is 12.0. The Morgan fingerprint density at radius 3 is 2.39 bits per heavy atom. The molecule has 4 rings (SSSR count). The second-order valence-electron chi connectivity index (χ2n) is 7.37. The normalized spacial score (nSPS) is 11.6. The number of esters is 1. The number of aromatic nitrogens is 2. The number of carbonyl (C=O) groups is 2. The van der Waals surface area contributed by atoms with Crippen LogP contribution in [0.2, 0.25) is 0 Å². The number of nitrogens with one attached hydrogen (secondary N) is 1. The predicted octanol–water partition coefficient (Wildman–Crippen LogP) is 5.91. The highest BCUT2D eigenvalue weighted by Gasteiger charge is 2.18. The van der Waals surface area contributed by atoms with Crippen molar-refractivity contribution in [1.29, 1.82) is 0 Å². The maximum atomic E-state index is 12.5. The van der Waals surface area contributed by atoms with Crippen LogP contribution in [0.4, 0.5) is 10.6 Å². The molecule has 2 heterocycles. The first-order valence-electron chi connectivity index (χ1n) is 10.3. The molecule has 4 aromatic rings. The highest BCUT2D eigenvalue weighted by Crippen LogP contribution is 2.32. The van der Waals surface area contributed by atoms with Gasteiger partial charge in [-0.1, -0.05) is 54.6 Å². The lowest BCUT2D eigenvalue weighted by atomic mass is 10.1. The lowest BCUT2D eigenvalue weighted by molar-refractivity contribution is 0.0606. The number of imidazole rings is 1. The number of amides is 1. The number of hydrogen-bond acceptors (Lipinski definition) is 6. The smallest absolute Gasteiger partial charge is 0.413 e. The molecule has 0 saturated heterocycles. The number of benzene rings is 2. The monoisotopic (exact) mass is 461 g/mol. The Labute approximate surface area is 195 Å². The minimum atomic E-state index is -0.554. The van der Waals surface area contributed by atoms with Crippen molar-refractivity contribution < 1.29 is 19.1 Å². The van der Waals surface area contributed by atoms with Crippen LogP contribution >= 0.6 is 11.3 Å². The molecule has 7 nitrogen and oxygen atoms in total. The first-order chi connectivity index (χ1) is 16.0. The van der Waals surface area contributed by atoms with Crippen molar-refractivity contribution in [3.63, 3.8) is 0 Å². The van der Waals surface area contributed by atoms with Gasteiger partial charge in [-0.3, -0.25) is 5.32 Å². The van der Waals surface area contributed by atoms with E-state index in [4.69, 9.17) is 9.47 Å². The first-order valence-corrected chi connectivity index (χ1v) is 11.1. The SMILES string of the molecule is COC(=O)c1ccc(-c2ccc(-c3ncn(C)c3NC(=O)O[C@H](C)c3ccccc3)cc2)s1. The number of methoxy groups -OCH3 is 1. The fraction of sp³-hybridized carbons (Fsp3) is 0.160. The van der Waals surface area contributed by atoms with Gasteiger partial charge in [0.1, 0.15) is 22.5 Å². The summed E-state index contributed by atoms with van der Waals surface area (Å²) in [5.41, 5.74) is 3.36. The Bertz CT molecular complexity index is 1260. The second-order valence-corrected chi connectivity index (χ2v) is 8.45. The molecular formula is C25H23N3O4S. The molecule has 0 aliphatic carbocycles. The molecule has 168 valence electrons. The summed E-state index contributed by atoms with van der Waals surface area (Å²) >= 11 is 1.37. The van der Waals surface area contributed by atoms with Gasteiger partial charge < -0.3 is 14.0 Å². The van der Waals surface area contributed by atoms with Gasteiger partial charge in [0.15, 0.2) is 0 Å². The molecule has 2 aromatic carbocycles.